The van der Waals surface area contributed by atoms with Crippen LogP contribution < -0.4 is 10.5 Å². The molecule has 0 aliphatic rings. The van der Waals surface area contributed by atoms with Crippen molar-refractivity contribution in [1.82, 2.24) is 9.78 Å². The number of aryl methyl sites for hydroxylation is 2. The van der Waals surface area contributed by atoms with Gasteiger partial charge in [-0.3, -0.25) is 4.68 Å². The van der Waals surface area contributed by atoms with Gasteiger partial charge in [-0.15, -0.1) is 0 Å². The first-order valence-corrected chi connectivity index (χ1v) is 10.2. The molecule has 0 radical (unpaired) electrons. The number of rotatable bonds is 4. The molecule has 1 N–H and O–H groups in total. The second kappa shape index (κ2) is 5.21. The SMILES string of the molecule is Cc1nn(C)cc1NCc1ccc([Si](C)(C)C)cc1. The Morgan fingerprint density at radius 3 is 2.26 bits per heavy atom. The van der Waals surface area contributed by atoms with E-state index < -0.39 is 8.07 Å². The number of nitrogens with zero attached hydrogens (tertiary/aromatic N) is 2. The van der Waals surface area contributed by atoms with Gasteiger partial charge in [0.05, 0.1) is 19.5 Å². The van der Waals surface area contributed by atoms with Gasteiger partial charge in [-0.05, 0) is 12.5 Å². The number of aromatic nitrogens is 2. The fraction of sp³-hybridized carbons (Fsp3) is 0.400. The van der Waals surface area contributed by atoms with Crippen molar-refractivity contribution in [2.24, 2.45) is 7.05 Å². The van der Waals surface area contributed by atoms with Crippen LogP contribution in [0.5, 0.6) is 0 Å². The van der Waals surface area contributed by atoms with Crippen LogP contribution in [0.25, 0.3) is 0 Å². The van der Waals surface area contributed by atoms with Crippen molar-refractivity contribution in [2.75, 3.05) is 5.32 Å². The molecule has 0 amide bonds. The smallest absolute Gasteiger partial charge is 0.0825 e. The van der Waals surface area contributed by atoms with Crippen LogP contribution in [0, 0.1) is 6.92 Å². The van der Waals surface area contributed by atoms with Crippen molar-refractivity contribution in [3.8, 4) is 0 Å². The summed E-state index contributed by atoms with van der Waals surface area (Å²) in [6.07, 6.45) is 2.02. The van der Waals surface area contributed by atoms with E-state index >= 15 is 0 Å². The molecule has 3 nitrogen and oxygen atoms in total. The van der Waals surface area contributed by atoms with Gasteiger partial charge >= 0.3 is 0 Å². The second-order valence-corrected chi connectivity index (χ2v) is 11.2. The first-order chi connectivity index (χ1) is 8.86. The van der Waals surface area contributed by atoms with Crippen LogP contribution in [-0.4, -0.2) is 17.9 Å². The molecular formula is C15H23N3Si. The quantitative estimate of drug-likeness (QED) is 0.868. The lowest BCUT2D eigenvalue weighted by Crippen LogP contribution is -2.37. The van der Waals surface area contributed by atoms with Gasteiger partial charge in [-0.1, -0.05) is 49.1 Å². The summed E-state index contributed by atoms with van der Waals surface area (Å²) in [6.45, 7) is 9.99. The van der Waals surface area contributed by atoms with Gasteiger partial charge in [-0.2, -0.15) is 5.10 Å². The molecule has 0 atom stereocenters. The Balaban J connectivity index is 2.02. The lowest BCUT2D eigenvalue weighted by molar-refractivity contribution is 0.756. The number of anilines is 1. The van der Waals surface area contributed by atoms with E-state index in [1.165, 1.54) is 10.8 Å². The molecule has 2 rings (SSSR count). The highest BCUT2D eigenvalue weighted by atomic mass is 28.3. The molecule has 0 saturated carbocycles. The summed E-state index contributed by atoms with van der Waals surface area (Å²) in [5.74, 6) is 0. The van der Waals surface area contributed by atoms with Crippen molar-refractivity contribution >= 4 is 18.9 Å². The minimum atomic E-state index is -1.18. The van der Waals surface area contributed by atoms with Gasteiger partial charge < -0.3 is 5.32 Å². The molecule has 0 aliphatic carbocycles. The van der Waals surface area contributed by atoms with Gasteiger partial charge in [-0.25, -0.2) is 0 Å². The first-order valence-electron chi connectivity index (χ1n) is 6.70. The van der Waals surface area contributed by atoms with Gasteiger partial charge in [0.15, 0.2) is 0 Å². The molecule has 2 aromatic rings. The third kappa shape index (κ3) is 3.47. The molecule has 19 heavy (non-hydrogen) atoms. The Morgan fingerprint density at radius 2 is 1.79 bits per heavy atom. The largest absolute Gasteiger partial charge is 0.378 e. The van der Waals surface area contributed by atoms with E-state index in [1.54, 1.807) is 0 Å². The normalized spacial score (nSPS) is 11.6. The van der Waals surface area contributed by atoms with Gasteiger partial charge in [0.1, 0.15) is 0 Å². The number of nitrogens with one attached hydrogen (secondary N) is 1. The van der Waals surface area contributed by atoms with Crippen LogP contribution in [0.15, 0.2) is 30.5 Å². The minimum absolute atomic E-state index is 0.846. The fourth-order valence-corrected chi connectivity index (χ4v) is 3.26. The van der Waals surface area contributed by atoms with Crippen molar-refractivity contribution < 1.29 is 0 Å². The van der Waals surface area contributed by atoms with E-state index in [9.17, 15) is 0 Å². The minimum Gasteiger partial charge on any atom is -0.378 e. The highest BCUT2D eigenvalue weighted by Gasteiger charge is 2.15. The summed E-state index contributed by atoms with van der Waals surface area (Å²) in [7, 11) is 0.763. The highest BCUT2D eigenvalue weighted by molar-refractivity contribution is 6.88. The zero-order valence-electron chi connectivity index (χ0n) is 12.5. The maximum Gasteiger partial charge on any atom is 0.0825 e. The predicted molar refractivity (Wildman–Crippen MR) is 84.7 cm³/mol. The summed E-state index contributed by atoms with van der Waals surface area (Å²) in [5, 5.41) is 9.27. The van der Waals surface area contributed by atoms with Crippen LogP contribution in [0.2, 0.25) is 19.6 Å². The summed E-state index contributed by atoms with van der Waals surface area (Å²) >= 11 is 0. The van der Waals surface area contributed by atoms with Crippen molar-refractivity contribution in [3.63, 3.8) is 0 Å². The van der Waals surface area contributed by atoms with Crippen molar-refractivity contribution in [3.05, 3.63) is 41.7 Å². The van der Waals surface area contributed by atoms with E-state index in [0.717, 1.165) is 17.9 Å². The Kier molecular flexibility index (Phi) is 3.80. The predicted octanol–water partition coefficient (Wildman–Crippen LogP) is 2.89. The highest BCUT2D eigenvalue weighted by Crippen LogP contribution is 2.13. The molecule has 1 aromatic heterocycles. The molecule has 1 heterocycles. The average Bonchev–Trinajstić information content (AvgIpc) is 2.65. The average molecular weight is 273 g/mol. The maximum atomic E-state index is 4.33. The van der Waals surface area contributed by atoms with E-state index in [1.807, 2.05) is 24.9 Å². The molecule has 0 spiro atoms. The topological polar surface area (TPSA) is 29.9 Å². The molecule has 0 fully saturated rings. The zero-order valence-corrected chi connectivity index (χ0v) is 13.5. The van der Waals surface area contributed by atoms with Crippen molar-refractivity contribution in [1.29, 1.82) is 0 Å². The van der Waals surface area contributed by atoms with Gasteiger partial charge in [0.2, 0.25) is 0 Å². The van der Waals surface area contributed by atoms with E-state index in [2.05, 4.69) is 54.3 Å². The summed E-state index contributed by atoms with van der Waals surface area (Å²) < 4.78 is 1.84. The Bertz CT molecular complexity index is 550. The molecule has 1 aromatic carbocycles. The monoisotopic (exact) mass is 273 g/mol. The van der Waals surface area contributed by atoms with Gasteiger partial charge in [0, 0.05) is 19.8 Å². The molecule has 4 heteroatoms. The Morgan fingerprint density at radius 1 is 1.16 bits per heavy atom. The molecule has 0 unspecified atom stereocenters. The van der Waals surface area contributed by atoms with E-state index in [-0.39, 0.29) is 0 Å². The van der Waals surface area contributed by atoms with Crippen LogP contribution >= 0.6 is 0 Å². The van der Waals surface area contributed by atoms with Crippen LogP contribution in [0.3, 0.4) is 0 Å². The summed E-state index contributed by atoms with van der Waals surface area (Å²) in [4.78, 5) is 0. The lowest BCUT2D eigenvalue weighted by Gasteiger charge is -2.16. The molecule has 0 saturated heterocycles. The third-order valence-corrected chi connectivity index (χ3v) is 5.38. The van der Waals surface area contributed by atoms with Crippen LogP contribution in [-0.2, 0) is 13.6 Å². The van der Waals surface area contributed by atoms with Gasteiger partial charge in [0.25, 0.3) is 0 Å². The lowest BCUT2D eigenvalue weighted by atomic mass is 10.2. The summed E-state index contributed by atoms with van der Waals surface area (Å²) in [6, 6.07) is 9.01. The fourth-order valence-electron chi connectivity index (χ4n) is 2.09. The standard InChI is InChI=1S/C15H23N3Si/c1-12-15(11-18(2)17-12)16-10-13-6-8-14(9-7-13)19(3,4)5/h6-9,11,16H,10H2,1-5H3. The summed E-state index contributed by atoms with van der Waals surface area (Å²) in [5.41, 5.74) is 3.46. The Labute approximate surface area is 116 Å². The molecular weight excluding hydrogens is 250 g/mol. The zero-order chi connectivity index (χ0) is 14.0. The van der Waals surface area contributed by atoms with Crippen molar-refractivity contribution in [2.45, 2.75) is 33.1 Å². The Hall–Kier alpha value is -1.55. The van der Waals surface area contributed by atoms with Crippen LogP contribution in [0.1, 0.15) is 11.3 Å². The first kappa shape index (κ1) is 13.9. The number of hydrogen-bond donors (Lipinski definition) is 1. The third-order valence-electron chi connectivity index (χ3n) is 3.32. The van der Waals surface area contributed by atoms with E-state index in [4.69, 9.17) is 0 Å². The number of hydrogen-bond acceptors (Lipinski definition) is 2. The number of benzene rings is 1. The second-order valence-electron chi connectivity index (χ2n) is 6.10. The molecule has 102 valence electrons. The maximum absolute atomic E-state index is 4.33. The molecule has 0 bridgehead atoms. The van der Waals surface area contributed by atoms with Crippen LogP contribution in [0.4, 0.5) is 5.69 Å². The van der Waals surface area contributed by atoms with E-state index in [0.29, 0.717) is 0 Å². The molecule has 0 aliphatic heterocycles.